The van der Waals surface area contributed by atoms with Crippen molar-refractivity contribution in [3.8, 4) is 0 Å². The third-order valence-corrected chi connectivity index (χ3v) is 5.29. The van der Waals surface area contributed by atoms with Gasteiger partial charge in [0.25, 0.3) is 0 Å². The Balaban J connectivity index is 1.87. The van der Waals surface area contributed by atoms with Gasteiger partial charge < -0.3 is 4.74 Å². The highest BCUT2D eigenvalue weighted by atomic mass is 16.5. The maximum absolute atomic E-state index is 12.0. The molecule has 4 rings (SSSR count). The molecule has 2 aliphatic rings. The van der Waals surface area contributed by atoms with Gasteiger partial charge in [-0.15, -0.1) is 0 Å². The number of Topliss-reactive ketones (excluding diaryl/α,β-unsaturated/α-hetero) is 1. The molecule has 2 nitrogen and oxygen atoms in total. The largest absolute Gasteiger partial charge is 0.366 e. The van der Waals surface area contributed by atoms with Crippen LogP contribution in [0.25, 0.3) is 0 Å². The number of carbonyl (C=O) groups excluding carboxylic acids is 1. The molecule has 2 aromatic rings. The fourth-order valence-corrected chi connectivity index (χ4v) is 4.31. The lowest BCUT2D eigenvalue weighted by Crippen LogP contribution is -2.33. The number of ketones is 1. The highest BCUT2D eigenvalue weighted by Crippen LogP contribution is 2.54. The summed E-state index contributed by atoms with van der Waals surface area (Å²) < 4.78 is 6.40. The number of hydrogen-bond donors (Lipinski definition) is 0. The topological polar surface area (TPSA) is 26.3 Å². The first-order chi connectivity index (χ1) is 10.6. The molecular formula is C20H20O2. The van der Waals surface area contributed by atoms with E-state index in [1.807, 2.05) is 18.2 Å². The molecule has 3 unspecified atom stereocenters. The predicted octanol–water partition coefficient (Wildman–Crippen LogP) is 4.23. The maximum atomic E-state index is 12.0. The smallest absolute Gasteiger partial charge is 0.160 e. The number of rotatable bonds is 2. The van der Waals surface area contributed by atoms with Crippen molar-refractivity contribution < 1.29 is 9.53 Å². The van der Waals surface area contributed by atoms with Crippen molar-refractivity contribution in [3.63, 3.8) is 0 Å². The lowest BCUT2D eigenvalue weighted by atomic mass is 9.76. The third kappa shape index (κ3) is 1.87. The molecular weight excluding hydrogens is 272 g/mol. The molecule has 0 N–H and O–H groups in total. The van der Waals surface area contributed by atoms with Crippen molar-refractivity contribution in [2.24, 2.45) is 0 Å². The van der Waals surface area contributed by atoms with E-state index in [4.69, 9.17) is 4.74 Å². The van der Waals surface area contributed by atoms with Crippen molar-refractivity contribution in [2.45, 2.75) is 44.3 Å². The second kappa shape index (κ2) is 4.79. The Kier molecular flexibility index (Phi) is 2.98. The molecule has 0 aromatic heterocycles. The van der Waals surface area contributed by atoms with Crippen LogP contribution in [0.5, 0.6) is 0 Å². The van der Waals surface area contributed by atoms with Gasteiger partial charge in [-0.25, -0.2) is 0 Å². The monoisotopic (exact) mass is 292 g/mol. The molecule has 0 radical (unpaired) electrons. The average Bonchev–Trinajstić information content (AvgIpc) is 2.79. The fraction of sp³-hybridized carbons (Fsp3) is 0.350. The molecule has 2 heterocycles. The summed E-state index contributed by atoms with van der Waals surface area (Å²) in [6.45, 7) is 3.84. The summed E-state index contributed by atoms with van der Waals surface area (Å²) in [5.74, 6) is 0.371. The summed E-state index contributed by atoms with van der Waals surface area (Å²) >= 11 is 0. The summed E-state index contributed by atoms with van der Waals surface area (Å²) in [5, 5.41) is 0. The molecule has 0 spiro atoms. The zero-order valence-electron chi connectivity index (χ0n) is 13.0. The summed E-state index contributed by atoms with van der Waals surface area (Å²) in [5.41, 5.74) is 4.32. The van der Waals surface area contributed by atoms with Crippen LogP contribution in [0, 0.1) is 0 Å². The number of carbonyl (C=O) groups is 1. The summed E-state index contributed by atoms with van der Waals surface area (Å²) in [7, 11) is 0. The van der Waals surface area contributed by atoms with Crippen LogP contribution in [0.15, 0.2) is 48.5 Å². The Labute approximate surface area is 131 Å². The second-order valence-electron chi connectivity index (χ2n) is 6.64. The normalized spacial score (nSPS) is 29.2. The Morgan fingerprint density at radius 2 is 1.86 bits per heavy atom. The predicted molar refractivity (Wildman–Crippen MR) is 86.2 cm³/mol. The molecule has 2 heteroatoms. The molecule has 2 bridgehead atoms. The van der Waals surface area contributed by atoms with E-state index in [1.54, 1.807) is 6.92 Å². The van der Waals surface area contributed by atoms with Crippen molar-refractivity contribution in [2.75, 3.05) is 0 Å². The Morgan fingerprint density at radius 1 is 1.14 bits per heavy atom. The van der Waals surface area contributed by atoms with E-state index in [2.05, 4.69) is 37.3 Å². The van der Waals surface area contributed by atoms with Crippen molar-refractivity contribution >= 4 is 5.78 Å². The standard InChI is InChI=1S/C20H20O2/c1-13(21)16-8-4-5-9-17(16)19-12-15-11-14-7-3-6-10-18(14)20(19,2)22-15/h3-10,15,19H,11-12H2,1-2H3. The van der Waals surface area contributed by atoms with Gasteiger partial charge in [-0.1, -0.05) is 48.5 Å². The Bertz CT molecular complexity index is 749. The molecule has 3 atom stereocenters. The van der Waals surface area contributed by atoms with Gasteiger partial charge in [-0.3, -0.25) is 4.79 Å². The molecule has 22 heavy (non-hydrogen) atoms. The molecule has 0 aliphatic carbocycles. The van der Waals surface area contributed by atoms with E-state index in [-0.39, 0.29) is 23.4 Å². The number of hydrogen-bond acceptors (Lipinski definition) is 2. The van der Waals surface area contributed by atoms with Gasteiger partial charge in [0, 0.05) is 11.5 Å². The molecule has 0 saturated carbocycles. The van der Waals surface area contributed by atoms with Gasteiger partial charge in [-0.05, 0) is 43.4 Å². The quantitative estimate of drug-likeness (QED) is 0.774. The second-order valence-corrected chi connectivity index (χ2v) is 6.64. The summed E-state index contributed by atoms with van der Waals surface area (Å²) in [6, 6.07) is 16.6. The van der Waals surface area contributed by atoms with Gasteiger partial charge in [0.15, 0.2) is 5.78 Å². The first-order valence-corrected chi connectivity index (χ1v) is 7.95. The van der Waals surface area contributed by atoms with Crippen LogP contribution < -0.4 is 0 Å². The van der Waals surface area contributed by atoms with E-state index in [0.29, 0.717) is 0 Å². The van der Waals surface area contributed by atoms with Gasteiger partial charge in [-0.2, -0.15) is 0 Å². The first kappa shape index (κ1) is 13.7. The highest BCUT2D eigenvalue weighted by molar-refractivity contribution is 5.95. The summed E-state index contributed by atoms with van der Waals surface area (Å²) in [4.78, 5) is 12.0. The minimum atomic E-state index is -0.328. The van der Waals surface area contributed by atoms with Crippen LogP contribution in [-0.4, -0.2) is 11.9 Å². The van der Waals surface area contributed by atoms with Gasteiger partial charge in [0.05, 0.1) is 11.7 Å². The van der Waals surface area contributed by atoms with Crippen molar-refractivity contribution in [1.82, 2.24) is 0 Å². The van der Waals surface area contributed by atoms with E-state index in [0.717, 1.165) is 24.0 Å². The number of fused-ring (bicyclic) bond motifs is 4. The van der Waals surface area contributed by atoms with Crippen molar-refractivity contribution in [1.29, 1.82) is 0 Å². The molecule has 2 aliphatic heterocycles. The molecule has 2 aromatic carbocycles. The first-order valence-electron chi connectivity index (χ1n) is 7.95. The van der Waals surface area contributed by atoms with E-state index in [9.17, 15) is 4.79 Å². The van der Waals surface area contributed by atoms with E-state index < -0.39 is 0 Å². The van der Waals surface area contributed by atoms with Gasteiger partial charge in [0.2, 0.25) is 0 Å². The van der Waals surface area contributed by atoms with Crippen LogP contribution in [0.2, 0.25) is 0 Å². The van der Waals surface area contributed by atoms with Crippen LogP contribution in [0.4, 0.5) is 0 Å². The van der Waals surface area contributed by atoms with Crippen LogP contribution in [0.3, 0.4) is 0 Å². The zero-order valence-corrected chi connectivity index (χ0v) is 13.0. The van der Waals surface area contributed by atoms with E-state index >= 15 is 0 Å². The lowest BCUT2D eigenvalue weighted by molar-refractivity contribution is -0.0502. The Morgan fingerprint density at radius 3 is 2.68 bits per heavy atom. The van der Waals surface area contributed by atoms with Crippen LogP contribution in [0.1, 0.15) is 53.2 Å². The molecule has 112 valence electrons. The average molecular weight is 292 g/mol. The van der Waals surface area contributed by atoms with Crippen molar-refractivity contribution in [3.05, 3.63) is 70.8 Å². The summed E-state index contributed by atoms with van der Waals surface area (Å²) in [6.07, 6.45) is 2.21. The SMILES string of the molecule is CC(=O)c1ccccc1C1CC2Cc3ccccc3C1(C)O2. The fourth-order valence-electron chi connectivity index (χ4n) is 4.31. The Hall–Kier alpha value is -1.93. The highest BCUT2D eigenvalue weighted by Gasteiger charge is 2.51. The minimum Gasteiger partial charge on any atom is -0.366 e. The molecule has 0 amide bonds. The molecule has 1 fully saturated rings. The van der Waals surface area contributed by atoms with Gasteiger partial charge >= 0.3 is 0 Å². The number of ether oxygens (including phenoxy) is 1. The zero-order chi connectivity index (χ0) is 15.3. The minimum absolute atomic E-state index is 0.133. The van der Waals surface area contributed by atoms with E-state index in [1.165, 1.54) is 11.1 Å². The maximum Gasteiger partial charge on any atom is 0.160 e. The molecule has 1 saturated heterocycles. The van der Waals surface area contributed by atoms with Crippen LogP contribution >= 0.6 is 0 Å². The van der Waals surface area contributed by atoms with Gasteiger partial charge in [0.1, 0.15) is 0 Å². The van der Waals surface area contributed by atoms with Crippen LogP contribution in [-0.2, 0) is 16.8 Å². The number of benzene rings is 2. The lowest BCUT2D eigenvalue weighted by Gasteiger charge is -2.36. The third-order valence-electron chi connectivity index (χ3n) is 5.29.